The predicted molar refractivity (Wildman–Crippen MR) is 64.9 cm³/mol. The molecule has 86 valence electrons. The quantitative estimate of drug-likeness (QED) is 0.728. The first-order valence-corrected chi connectivity index (χ1v) is 5.41. The van der Waals surface area contributed by atoms with Crippen LogP contribution >= 0.6 is 0 Å². The molecule has 2 rings (SSSR count). The summed E-state index contributed by atoms with van der Waals surface area (Å²) in [6.07, 6.45) is 4.37. The van der Waals surface area contributed by atoms with Crippen LogP contribution in [0.2, 0.25) is 0 Å². The number of hydrogen-bond donors (Lipinski definition) is 0. The van der Waals surface area contributed by atoms with Gasteiger partial charge in [-0.3, -0.25) is 4.99 Å². The van der Waals surface area contributed by atoms with Crippen molar-refractivity contribution in [1.82, 2.24) is 0 Å². The van der Waals surface area contributed by atoms with Crippen molar-refractivity contribution in [2.75, 3.05) is 21.3 Å². The molecule has 16 heavy (non-hydrogen) atoms. The topological polar surface area (TPSA) is 30.8 Å². The second-order valence-electron chi connectivity index (χ2n) is 4.11. The van der Waals surface area contributed by atoms with E-state index in [1.165, 1.54) is 18.4 Å². The van der Waals surface area contributed by atoms with Gasteiger partial charge in [0.05, 0.1) is 14.2 Å². The van der Waals surface area contributed by atoms with Crippen LogP contribution in [0.4, 0.5) is 0 Å². The van der Waals surface area contributed by atoms with Crippen LogP contribution in [0.15, 0.2) is 23.2 Å². The van der Waals surface area contributed by atoms with Crippen molar-refractivity contribution in [2.45, 2.75) is 18.3 Å². The van der Waals surface area contributed by atoms with Crippen LogP contribution < -0.4 is 9.47 Å². The Morgan fingerprint density at radius 2 is 1.88 bits per heavy atom. The van der Waals surface area contributed by atoms with E-state index in [1.807, 2.05) is 25.4 Å². The van der Waals surface area contributed by atoms with Gasteiger partial charge in [-0.1, -0.05) is 6.07 Å². The molecular weight excluding hydrogens is 202 g/mol. The number of rotatable bonds is 4. The van der Waals surface area contributed by atoms with Crippen molar-refractivity contribution in [3.05, 3.63) is 23.8 Å². The maximum absolute atomic E-state index is 5.31. The van der Waals surface area contributed by atoms with Crippen LogP contribution in [0.5, 0.6) is 11.5 Å². The Labute approximate surface area is 96.1 Å². The van der Waals surface area contributed by atoms with E-state index < -0.39 is 0 Å². The molecule has 1 aliphatic rings. The fourth-order valence-electron chi connectivity index (χ4n) is 2.02. The van der Waals surface area contributed by atoms with Crippen molar-refractivity contribution >= 4 is 6.21 Å². The first kappa shape index (κ1) is 11.0. The van der Waals surface area contributed by atoms with E-state index in [0.717, 1.165) is 11.5 Å². The minimum Gasteiger partial charge on any atom is -0.493 e. The molecule has 0 N–H and O–H groups in total. The standard InChI is InChI=1S/C13H17NO2/c1-14-9-13(6-7-13)10-4-5-11(15-2)12(8-10)16-3/h4-5,8-9H,6-7H2,1-3H3/b14-9+. The Kier molecular flexibility index (Phi) is 2.86. The van der Waals surface area contributed by atoms with Gasteiger partial charge in [0.25, 0.3) is 0 Å². The van der Waals surface area contributed by atoms with E-state index in [-0.39, 0.29) is 5.41 Å². The zero-order valence-electron chi connectivity index (χ0n) is 9.99. The molecule has 1 fully saturated rings. The Morgan fingerprint density at radius 1 is 1.19 bits per heavy atom. The van der Waals surface area contributed by atoms with Gasteiger partial charge in [-0.25, -0.2) is 0 Å². The molecule has 0 heterocycles. The van der Waals surface area contributed by atoms with Crippen LogP contribution in [0.3, 0.4) is 0 Å². The molecule has 0 unspecified atom stereocenters. The molecule has 3 heteroatoms. The van der Waals surface area contributed by atoms with Crippen LogP contribution in [-0.2, 0) is 5.41 Å². The SMILES string of the molecule is C/N=C/C1(c2ccc(OC)c(OC)c2)CC1. The molecule has 0 aliphatic heterocycles. The van der Waals surface area contributed by atoms with E-state index in [0.29, 0.717) is 0 Å². The average molecular weight is 219 g/mol. The van der Waals surface area contributed by atoms with Gasteiger partial charge < -0.3 is 9.47 Å². The molecule has 0 atom stereocenters. The van der Waals surface area contributed by atoms with Crippen molar-refractivity contribution in [3.8, 4) is 11.5 Å². The summed E-state index contributed by atoms with van der Waals surface area (Å²) in [5.41, 5.74) is 1.41. The molecule has 1 saturated carbocycles. The summed E-state index contributed by atoms with van der Waals surface area (Å²) >= 11 is 0. The molecule has 0 spiro atoms. The van der Waals surface area contributed by atoms with Gasteiger partial charge in [-0.05, 0) is 30.5 Å². The number of benzene rings is 1. The molecule has 1 aromatic rings. The highest BCUT2D eigenvalue weighted by molar-refractivity contribution is 5.78. The minimum atomic E-state index is 0.147. The minimum absolute atomic E-state index is 0.147. The van der Waals surface area contributed by atoms with Crippen LogP contribution in [0.25, 0.3) is 0 Å². The van der Waals surface area contributed by atoms with Gasteiger partial charge in [-0.15, -0.1) is 0 Å². The summed E-state index contributed by atoms with van der Waals surface area (Å²) in [7, 11) is 5.13. The Bertz CT molecular complexity index is 408. The molecule has 3 nitrogen and oxygen atoms in total. The van der Waals surface area contributed by atoms with Gasteiger partial charge in [-0.2, -0.15) is 0 Å². The van der Waals surface area contributed by atoms with Crippen molar-refractivity contribution in [2.24, 2.45) is 4.99 Å². The zero-order chi connectivity index (χ0) is 11.6. The summed E-state index contributed by atoms with van der Waals surface area (Å²) in [4.78, 5) is 4.15. The normalized spacial score (nSPS) is 17.4. The molecular formula is C13H17NO2. The predicted octanol–water partition coefficient (Wildman–Crippen LogP) is 2.44. The summed E-state index contributed by atoms with van der Waals surface area (Å²) in [6.45, 7) is 0. The largest absolute Gasteiger partial charge is 0.493 e. The third-order valence-corrected chi connectivity index (χ3v) is 3.12. The van der Waals surface area contributed by atoms with E-state index in [4.69, 9.17) is 9.47 Å². The maximum atomic E-state index is 5.31. The van der Waals surface area contributed by atoms with Crippen LogP contribution in [0.1, 0.15) is 18.4 Å². The van der Waals surface area contributed by atoms with E-state index in [1.54, 1.807) is 14.2 Å². The Balaban J connectivity index is 2.36. The molecule has 0 saturated heterocycles. The van der Waals surface area contributed by atoms with Crippen molar-refractivity contribution in [3.63, 3.8) is 0 Å². The lowest BCUT2D eigenvalue weighted by molar-refractivity contribution is 0.354. The number of nitrogens with zero attached hydrogens (tertiary/aromatic N) is 1. The summed E-state index contributed by atoms with van der Waals surface area (Å²) < 4.78 is 10.5. The van der Waals surface area contributed by atoms with E-state index in [9.17, 15) is 0 Å². The van der Waals surface area contributed by atoms with Gasteiger partial charge >= 0.3 is 0 Å². The van der Waals surface area contributed by atoms with E-state index >= 15 is 0 Å². The number of aliphatic imine (C=N–C) groups is 1. The van der Waals surface area contributed by atoms with Crippen molar-refractivity contribution < 1.29 is 9.47 Å². The zero-order valence-corrected chi connectivity index (χ0v) is 9.99. The monoisotopic (exact) mass is 219 g/mol. The second kappa shape index (κ2) is 4.16. The number of methoxy groups -OCH3 is 2. The summed E-state index contributed by atoms with van der Waals surface area (Å²) in [6, 6.07) is 6.10. The molecule has 0 radical (unpaired) electrons. The molecule has 1 aromatic carbocycles. The first-order valence-electron chi connectivity index (χ1n) is 5.41. The highest BCUT2D eigenvalue weighted by Crippen LogP contribution is 2.48. The Hall–Kier alpha value is -1.51. The lowest BCUT2D eigenvalue weighted by Gasteiger charge is -2.13. The number of hydrogen-bond acceptors (Lipinski definition) is 3. The van der Waals surface area contributed by atoms with Crippen LogP contribution in [0, 0.1) is 0 Å². The van der Waals surface area contributed by atoms with Gasteiger partial charge in [0, 0.05) is 18.7 Å². The summed E-state index contributed by atoms with van der Waals surface area (Å²) in [5.74, 6) is 1.56. The maximum Gasteiger partial charge on any atom is 0.161 e. The highest BCUT2D eigenvalue weighted by Gasteiger charge is 2.43. The van der Waals surface area contributed by atoms with Crippen LogP contribution in [-0.4, -0.2) is 27.5 Å². The molecule has 0 bridgehead atoms. The fourth-order valence-corrected chi connectivity index (χ4v) is 2.02. The lowest BCUT2D eigenvalue weighted by atomic mass is 9.97. The highest BCUT2D eigenvalue weighted by atomic mass is 16.5. The van der Waals surface area contributed by atoms with Gasteiger partial charge in [0.2, 0.25) is 0 Å². The average Bonchev–Trinajstić information content (AvgIpc) is 3.09. The van der Waals surface area contributed by atoms with Crippen molar-refractivity contribution in [1.29, 1.82) is 0 Å². The lowest BCUT2D eigenvalue weighted by Crippen LogP contribution is -2.08. The second-order valence-corrected chi connectivity index (χ2v) is 4.11. The van der Waals surface area contributed by atoms with Gasteiger partial charge in [0.15, 0.2) is 11.5 Å². The summed E-state index contributed by atoms with van der Waals surface area (Å²) in [5, 5.41) is 0. The third-order valence-electron chi connectivity index (χ3n) is 3.12. The first-order chi connectivity index (χ1) is 7.75. The fraction of sp³-hybridized carbons (Fsp3) is 0.462. The molecule has 1 aliphatic carbocycles. The molecule has 0 aromatic heterocycles. The number of ether oxygens (including phenoxy) is 2. The molecule has 0 amide bonds. The third kappa shape index (κ3) is 1.77. The Morgan fingerprint density at radius 3 is 2.38 bits per heavy atom. The van der Waals surface area contributed by atoms with Gasteiger partial charge in [0.1, 0.15) is 0 Å². The smallest absolute Gasteiger partial charge is 0.161 e. The van der Waals surface area contributed by atoms with E-state index in [2.05, 4.69) is 11.1 Å².